The fraction of sp³-hybridized carbons (Fsp3) is 0.280. The number of nitrogens with zero attached hydrogens (tertiary/aromatic N) is 8. The van der Waals surface area contributed by atoms with Crippen LogP contribution >= 0.6 is 11.3 Å². The van der Waals surface area contributed by atoms with E-state index in [1.165, 1.54) is 41.7 Å². The molecule has 0 aromatic carbocycles. The molecule has 0 unspecified atom stereocenters. The molecule has 5 aromatic heterocycles. The molecule has 3 N–H and O–H groups in total. The van der Waals surface area contributed by atoms with Crippen molar-refractivity contribution >= 4 is 44.7 Å². The maximum Gasteiger partial charge on any atom is 0.433 e. The van der Waals surface area contributed by atoms with Crippen LogP contribution in [0.15, 0.2) is 24.5 Å². The molecule has 0 atom stereocenters. The number of rotatable bonds is 8. The van der Waals surface area contributed by atoms with Gasteiger partial charge in [0.25, 0.3) is 11.8 Å². The number of amides is 2. The van der Waals surface area contributed by atoms with Gasteiger partial charge in [0.15, 0.2) is 5.69 Å². The molecular formula is C25H23F3N10O4S. The Morgan fingerprint density at radius 2 is 1.86 bits per heavy atom. The van der Waals surface area contributed by atoms with Crippen molar-refractivity contribution in [2.45, 2.75) is 47.1 Å². The van der Waals surface area contributed by atoms with Gasteiger partial charge >= 0.3 is 11.9 Å². The number of anilines is 1. The van der Waals surface area contributed by atoms with Crippen molar-refractivity contribution in [3.8, 4) is 11.1 Å². The Bertz CT molecular complexity index is 1930. The fourth-order valence-corrected chi connectivity index (χ4v) is 5.75. The second kappa shape index (κ2) is 10.6. The summed E-state index contributed by atoms with van der Waals surface area (Å²) in [5, 5.41) is 26.6. The highest BCUT2D eigenvalue weighted by Crippen LogP contribution is 2.44. The van der Waals surface area contributed by atoms with E-state index in [0.717, 1.165) is 6.07 Å². The van der Waals surface area contributed by atoms with E-state index >= 15 is 0 Å². The Kier molecular flexibility index (Phi) is 7.25. The molecule has 43 heavy (non-hydrogen) atoms. The molecule has 0 saturated carbocycles. The first-order valence-electron chi connectivity index (χ1n) is 12.6. The fourth-order valence-electron chi connectivity index (χ4n) is 4.74. The summed E-state index contributed by atoms with van der Waals surface area (Å²) in [6, 6.07) is 2.21. The summed E-state index contributed by atoms with van der Waals surface area (Å²) in [5.41, 5.74) is 5.53. The van der Waals surface area contributed by atoms with E-state index < -0.39 is 28.6 Å². The van der Waals surface area contributed by atoms with E-state index in [1.54, 1.807) is 11.6 Å². The molecule has 0 saturated heterocycles. The van der Waals surface area contributed by atoms with Gasteiger partial charge in [-0.2, -0.15) is 28.5 Å². The van der Waals surface area contributed by atoms with E-state index in [2.05, 4.69) is 25.6 Å². The number of nitrogens with two attached hydrogens (primary N) is 1. The van der Waals surface area contributed by atoms with Crippen LogP contribution in [0.25, 0.3) is 21.3 Å². The first-order valence-corrected chi connectivity index (χ1v) is 13.4. The van der Waals surface area contributed by atoms with Crippen molar-refractivity contribution < 1.29 is 27.7 Å². The molecule has 0 aliphatic carbocycles. The molecule has 2 amide bonds. The van der Waals surface area contributed by atoms with Crippen molar-refractivity contribution in [2.75, 3.05) is 5.32 Å². The number of thiophene rings is 1. The smallest absolute Gasteiger partial charge is 0.365 e. The summed E-state index contributed by atoms with van der Waals surface area (Å²) >= 11 is 0.621. The minimum atomic E-state index is -4.80. The number of halogens is 3. The predicted octanol–water partition coefficient (Wildman–Crippen LogP) is 4.28. The highest BCUT2D eigenvalue weighted by atomic mass is 32.1. The molecule has 0 bridgehead atoms. The molecule has 5 aromatic rings. The second-order valence-corrected chi connectivity index (χ2v) is 10.5. The van der Waals surface area contributed by atoms with Crippen molar-refractivity contribution in [2.24, 2.45) is 5.73 Å². The molecule has 0 radical (unpaired) electrons. The minimum Gasteiger partial charge on any atom is -0.365 e. The first-order chi connectivity index (χ1) is 20.2. The van der Waals surface area contributed by atoms with Crippen LogP contribution in [0.2, 0.25) is 0 Å². The summed E-state index contributed by atoms with van der Waals surface area (Å²) in [4.78, 5) is 39.9. The van der Waals surface area contributed by atoms with E-state index in [0.29, 0.717) is 34.8 Å². The number of pyridine rings is 1. The summed E-state index contributed by atoms with van der Waals surface area (Å²) in [5.74, 6) is -1.76. The lowest BCUT2D eigenvalue weighted by atomic mass is 10.0. The molecule has 224 valence electrons. The second-order valence-electron chi connectivity index (χ2n) is 9.47. The summed E-state index contributed by atoms with van der Waals surface area (Å²) in [6.07, 6.45) is -1.94. The van der Waals surface area contributed by atoms with Crippen LogP contribution in [0.1, 0.15) is 49.9 Å². The third-order valence-corrected chi connectivity index (χ3v) is 7.88. The quantitative estimate of drug-likeness (QED) is 0.191. The summed E-state index contributed by atoms with van der Waals surface area (Å²) in [6.45, 7) is 6.96. The van der Waals surface area contributed by atoms with Crippen molar-refractivity contribution in [1.82, 2.24) is 34.3 Å². The lowest BCUT2D eigenvalue weighted by Crippen LogP contribution is -2.18. The molecule has 0 fully saturated rings. The van der Waals surface area contributed by atoms with Gasteiger partial charge in [0.05, 0.1) is 16.8 Å². The third kappa shape index (κ3) is 5.20. The number of hydrogen-bond donors (Lipinski definition) is 2. The average molecular weight is 617 g/mol. The Labute approximate surface area is 244 Å². The zero-order valence-corrected chi connectivity index (χ0v) is 23.9. The van der Waals surface area contributed by atoms with Crippen LogP contribution in [0, 0.1) is 30.9 Å². The van der Waals surface area contributed by atoms with Crippen LogP contribution in [-0.4, -0.2) is 51.1 Å². The number of nitrogens with one attached hydrogen (secondary N) is 1. The highest BCUT2D eigenvalue weighted by molar-refractivity contribution is 7.21. The highest BCUT2D eigenvalue weighted by Gasteiger charge is 2.35. The van der Waals surface area contributed by atoms with E-state index in [9.17, 15) is 32.9 Å². The first kappa shape index (κ1) is 29.4. The molecule has 18 heteroatoms. The largest absolute Gasteiger partial charge is 0.433 e. The maximum atomic E-state index is 13.8. The molecule has 0 aliphatic heterocycles. The number of hydrogen-bond acceptors (Lipinski definition) is 9. The monoisotopic (exact) mass is 616 g/mol. The lowest BCUT2D eigenvalue weighted by molar-refractivity contribution is -0.386. The normalized spacial score (nSPS) is 11.8. The standard InChI is InChI=1S/C25H23F3N10O4S/c1-5-36-12(3)15(9-30-36)14-8-17(25(26,27)28)31-24-18(14)19(21(43-24)22(29)39)32-23(40)16-6-7-35(34-16)10-37-13(4)20(38(41)42)11(2)33-37/h6-9H,5,10H2,1-4H3,(H2,29,39)(H,32,40). The molecule has 5 rings (SSSR count). The van der Waals surface area contributed by atoms with Gasteiger partial charge in [0.2, 0.25) is 0 Å². The van der Waals surface area contributed by atoms with Gasteiger partial charge in [-0.25, -0.2) is 9.67 Å². The van der Waals surface area contributed by atoms with E-state index in [1.807, 2.05) is 6.92 Å². The summed E-state index contributed by atoms with van der Waals surface area (Å²) < 4.78 is 45.8. The van der Waals surface area contributed by atoms with Crippen molar-refractivity contribution in [3.05, 3.63) is 68.0 Å². The zero-order valence-electron chi connectivity index (χ0n) is 23.1. The van der Waals surface area contributed by atoms with Crippen LogP contribution < -0.4 is 11.1 Å². The zero-order chi connectivity index (χ0) is 31.4. The number of carbonyl (C=O) groups excluding carboxylic acids is 2. The van der Waals surface area contributed by atoms with Gasteiger partial charge in [-0.3, -0.25) is 29.1 Å². The number of primary amides is 1. The van der Waals surface area contributed by atoms with Crippen LogP contribution in [0.3, 0.4) is 0 Å². The number of nitro groups is 1. The van der Waals surface area contributed by atoms with E-state index in [-0.39, 0.29) is 50.1 Å². The number of carbonyl (C=O) groups is 2. The maximum absolute atomic E-state index is 13.8. The topological polar surface area (TPSA) is 182 Å². The lowest BCUT2D eigenvalue weighted by Gasteiger charge is -2.12. The Balaban J connectivity index is 1.57. The third-order valence-electron chi connectivity index (χ3n) is 6.79. The van der Waals surface area contributed by atoms with Gasteiger partial charge in [-0.15, -0.1) is 11.3 Å². The van der Waals surface area contributed by atoms with E-state index in [4.69, 9.17) is 5.73 Å². The Hall–Kier alpha value is -5.13. The molecule has 0 spiro atoms. The van der Waals surface area contributed by atoms with Gasteiger partial charge in [-0.05, 0) is 45.4 Å². The number of alkyl halides is 3. The van der Waals surface area contributed by atoms with Gasteiger partial charge in [-0.1, -0.05) is 0 Å². The number of fused-ring (bicyclic) bond motifs is 1. The molecular weight excluding hydrogens is 593 g/mol. The number of aromatic nitrogens is 7. The van der Waals surface area contributed by atoms with Gasteiger partial charge < -0.3 is 11.1 Å². The van der Waals surface area contributed by atoms with Crippen LogP contribution in [-0.2, 0) is 19.4 Å². The molecule has 14 nitrogen and oxygen atoms in total. The Morgan fingerprint density at radius 1 is 1.14 bits per heavy atom. The van der Waals surface area contributed by atoms with Gasteiger partial charge in [0, 0.05) is 29.4 Å². The average Bonchev–Trinajstić information content (AvgIpc) is 3.68. The van der Waals surface area contributed by atoms with Crippen molar-refractivity contribution in [3.63, 3.8) is 0 Å². The van der Waals surface area contributed by atoms with Gasteiger partial charge in [0.1, 0.15) is 33.5 Å². The molecule has 5 heterocycles. The Morgan fingerprint density at radius 3 is 2.44 bits per heavy atom. The predicted molar refractivity (Wildman–Crippen MR) is 149 cm³/mol. The minimum absolute atomic E-state index is 0.0449. The SMILES string of the molecule is CCn1ncc(-c2cc(C(F)(F)F)nc3sc(C(N)=O)c(NC(=O)c4ccn(Cn5nc(C)c([N+](=O)[O-])c5C)n4)c23)c1C. The van der Waals surface area contributed by atoms with Crippen molar-refractivity contribution in [1.29, 1.82) is 0 Å². The molecule has 0 aliphatic rings. The van der Waals surface area contributed by atoms with Crippen LogP contribution in [0.4, 0.5) is 24.5 Å². The number of aryl methyl sites for hydroxylation is 2. The summed E-state index contributed by atoms with van der Waals surface area (Å²) in [7, 11) is 0. The van der Waals surface area contributed by atoms with Crippen LogP contribution in [0.5, 0.6) is 0 Å².